The monoisotopic (exact) mass is 523 g/mol. The molecule has 2 aliphatic heterocycles. The molecule has 1 aromatic carbocycles. The van der Waals surface area contributed by atoms with Gasteiger partial charge in [0.25, 0.3) is 0 Å². The number of dihydropyridines is 1. The highest BCUT2D eigenvalue weighted by molar-refractivity contribution is 9.11. The lowest BCUT2D eigenvalue weighted by Gasteiger charge is -2.30. The van der Waals surface area contributed by atoms with Gasteiger partial charge in [0.15, 0.2) is 0 Å². The van der Waals surface area contributed by atoms with Gasteiger partial charge in [-0.15, -0.1) is 11.3 Å². The molecule has 3 aromatic rings. The Morgan fingerprint density at radius 2 is 2.00 bits per heavy atom. The lowest BCUT2D eigenvalue weighted by atomic mass is 9.95. The first-order valence-electron chi connectivity index (χ1n) is 10.4. The summed E-state index contributed by atoms with van der Waals surface area (Å²) >= 11 is 5.01. The molecule has 0 spiro atoms. The zero-order valence-corrected chi connectivity index (χ0v) is 19.8. The molecule has 0 saturated heterocycles. The van der Waals surface area contributed by atoms with E-state index in [1.807, 2.05) is 47.5 Å². The number of allylic oxidation sites excluding steroid dienone is 2. The van der Waals surface area contributed by atoms with Crippen LogP contribution in [0.5, 0.6) is 0 Å². The highest BCUT2D eigenvalue weighted by Crippen LogP contribution is 2.26. The van der Waals surface area contributed by atoms with Gasteiger partial charge in [0.1, 0.15) is 12.1 Å². The second-order valence-electron chi connectivity index (χ2n) is 7.58. The van der Waals surface area contributed by atoms with Crippen LogP contribution in [0.1, 0.15) is 16.9 Å². The second-order valence-corrected chi connectivity index (χ2v) is 10.1. The van der Waals surface area contributed by atoms with E-state index in [0.29, 0.717) is 19.0 Å². The summed E-state index contributed by atoms with van der Waals surface area (Å²) in [7, 11) is 0. The standard InChI is InChI=1S/C24H19BrFN5OS/c25-22-9-8-19(33-22)14-30-15-28-23(29-24(30)32)31-12-2-1-3-21(31)20-13-17(10-11-27-20)16-4-6-18(26)7-5-16/h1-9,12-13,15,21H,10-11,14H2. The van der Waals surface area contributed by atoms with Gasteiger partial charge in [-0.3, -0.25) is 9.56 Å². The second kappa shape index (κ2) is 9.36. The van der Waals surface area contributed by atoms with Crippen molar-refractivity contribution in [1.82, 2.24) is 14.5 Å². The molecule has 9 heteroatoms. The number of hydrogen-bond acceptors (Lipinski definition) is 6. The minimum atomic E-state index is -0.362. The highest BCUT2D eigenvalue weighted by atomic mass is 79.9. The van der Waals surface area contributed by atoms with Crippen molar-refractivity contribution in [3.05, 3.63) is 104 Å². The van der Waals surface area contributed by atoms with Crippen LogP contribution < -0.4 is 10.6 Å². The molecule has 0 fully saturated rings. The smallest absolute Gasteiger partial charge is 0.304 e. The number of rotatable bonds is 5. The Hall–Kier alpha value is -3.17. The van der Waals surface area contributed by atoms with E-state index < -0.39 is 0 Å². The van der Waals surface area contributed by atoms with Gasteiger partial charge in [-0.1, -0.05) is 24.3 Å². The van der Waals surface area contributed by atoms with Crippen molar-refractivity contribution in [2.45, 2.75) is 19.0 Å². The average Bonchev–Trinajstić information content (AvgIpc) is 3.25. The van der Waals surface area contributed by atoms with E-state index in [0.717, 1.165) is 31.9 Å². The SMILES string of the molecule is O=c1nc(N2C=CC=CC2C2=NCCC(c3ccc(F)cc3)=C2)ncn1Cc1ccc(Br)s1. The van der Waals surface area contributed by atoms with E-state index in [4.69, 9.17) is 4.99 Å². The maximum absolute atomic E-state index is 13.3. The zero-order chi connectivity index (χ0) is 22.8. The number of thiophene rings is 1. The topological polar surface area (TPSA) is 63.4 Å². The molecule has 1 unspecified atom stereocenters. The first-order chi connectivity index (χ1) is 16.1. The predicted octanol–water partition coefficient (Wildman–Crippen LogP) is 4.84. The van der Waals surface area contributed by atoms with Crippen LogP contribution in [0.15, 0.2) is 86.8 Å². The third-order valence-electron chi connectivity index (χ3n) is 5.41. The van der Waals surface area contributed by atoms with Gasteiger partial charge >= 0.3 is 5.69 Å². The zero-order valence-electron chi connectivity index (χ0n) is 17.4. The summed E-state index contributed by atoms with van der Waals surface area (Å²) < 4.78 is 15.8. The highest BCUT2D eigenvalue weighted by Gasteiger charge is 2.25. The molecule has 33 heavy (non-hydrogen) atoms. The maximum Gasteiger partial charge on any atom is 0.352 e. The number of halogens is 2. The number of aliphatic imine (C=N–C) groups is 1. The van der Waals surface area contributed by atoms with Gasteiger partial charge in [-0.25, -0.2) is 14.2 Å². The van der Waals surface area contributed by atoms with Crippen LogP contribution in [0, 0.1) is 5.82 Å². The van der Waals surface area contributed by atoms with E-state index >= 15 is 0 Å². The van der Waals surface area contributed by atoms with E-state index in [9.17, 15) is 9.18 Å². The van der Waals surface area contributed by atoms with Gasteiger partial charge in [-0.05, 0) is 69.9 Å². The molecule has 5 rings (SSSR count). The summed E-state index contributed by atoms with van der Waals surface area (Å²) in [4.78, 5) is 29.0. The van der Waals surface area contributed by atoms with Crippen molar-refractivity contribution in [2.75, 3.05) is 11.4 Å². The first-order valence-corrected chi connectivity index (χ1v) is 12.0. The van der Waals surface area contributed by atoms with Gasteiger partial charge < -0.3 is 4.90 Å². The van der Waals surface area contributed by atoms with Gasteiger partial charge in [0.2, 0.25) is 5.95 Å². The fourth-order valence-electron chi connectivity index (χ4n) is 3.79. The maximum atomic E-state index is 13.3. The number of benzene rings is 1. The minimum absolute atomic E-state index is 0.241. The molecule has 2 aliphatic rings. The molecule has 0 N–H and O–H groups in total. The summed E-state index contributed by atoms with van der Waals surface area (Å²) in [5.74, 6) is 0.0633. The molecule has 0 amide bonds. The molecular formula is C24H19BrFN5OS. The van der Waals surface area contributed by atoms with Crippen molar-refractivity contribution in [3.63, 3.8) is 0 Å². The quantitative estimate of drug-likeness (QED) is 0.480. The van der Waals surface area contributed by atoms with Crippen molar-refractivity contribution in [1.29, 1.82) is 0 Å². The number of nitrogens with zero attached hydrogens (tertiary/aromatic N) is 5. The minimum Gasteiger partial charge on any atom is -0.304 e. The molecule has 0 aliphatic carbocycles. The summed E-state index contributed by atoms with van der Waals surface area (Å²) in [6, 6.07) is 10.2. The van der Waals surface area contributed by atoms with Crippen LogP contribution in [0.3, 0.4) is 0 Å². The van der Waals surface area contributed by atoms with Crippen molar-refractivity contribution < 1.29 is 4.39 Å². The van der Waals surface area contributed by atoms with E-state index in [1.165, 1.54) is 23.0 Å². The summed E-state index contributed by atoms with van der Waals surface area (Å²) in [6.45, 7) is 1.06. The van der Waals surface area contributed by atoms with Crippen LogP contribution >= 0.6 is 27.3 Å². The number of anilines is 1. The van der Waals surface area contributed by atoms with Crippen LogP contribution in [-0.2, 0) is 6.54 Å². The van der Waals surface area contributed by atoms with E-state index in [1.54, 1.807) is 23.5 Å². The van der Waals surface area contributed by atoms with Crippen LogP contribution in [0.2, 0.25) is 0 Å². The van der Waals surface area contributed by atoms with Crippen LogP contribution in [0.4, 0.5) is 10.3 Å². The Morgan fingerprint density at radius 1 is 1.15 bits per heavy atom. The fraction of sp³-hybridized carbons (Fsp3) is 0.167. The van der Waals surface area contributed by atoms with Gasteiger partial charge in [-0.2, -0.15) is 4.98 Å². The lowest BCUT2D eigenvalue weighted by Crippen LogP contribution is -2.40. The van der Waals surface area contributed by atoms with Crippen molar-refractivity contribution in [2.24, 2.45) is 4.99 Å². The van der Waals surface area contributed by atoms with Crippen molar-refractivity contribution in [3.8, 4) is 0 Å². The third kappa shape index (κ3) is 4.79. The Morgan fingerprint density at radius 3 is 2.76 bits per heavy atom. The molecule has 2 aromatic heterocycles. The summed E-state index contributed by atoms with van der Waals surface area (Å²) in [5.41, 5.74) is 2.56. The molecule has 0 bridgehead atoms. The van der Waals surface area contributed by atoms with E-state index in [2.05, 4.69) is 25.9 Å². The molecule has 6 nitrogen and oxygen atoms in total. The summed E-state index contributed by atoms with van der Waals surface area (Å²) in [6.07, 6.45) is 12.0. The van der Waals surface area contributed by atoms with Crippen LogP contribution in [0.25, 0.3) is 5.57 Å². The Labute approximate surface area is 202 Å². The summed E-state index contributed by atoms with van der Waals surface area (Å²) in [5, 5.41) is 0. The molecule has 1 atom stereocenters. The Bertz CT molecular complexity index is 1360. The molecule has 4 heterocycles. The molecular weight excluding hydrogens is 505 g/mol. The number of aromatic nitrogens is 3. The normalized spacial score (nSPS) is 17.8. The third-order valence-corrected chi connectivity index (χ3v) is 7.01. The average molecular weight is 524 g/mol. The number of hydrogen-bond donors (Lipinski definition) is 0. The molecule has 166 valence electrons. The molecule has 0 saturated carbocycles. The predicted molar refractivity (Wildman–Crippen MR) is 133 cm³/mol. The van der Waals surface area contributed by atoms with Gasteiger partial charge in [0, 0.05) is 17.6 Å². The largest absolute Gasteiger partial charge is 0.352 e. The Balaban J connectivity index is 1.41. The molecule has 0 radical (unpaired) electrons. The van der Waals surface area contributed by atoms with E-state index in [-0.39, 0.29) is 17.5 Å². The van der Waals surface area contributed by atoms with Crippen molar-refractivity contribution >= 4 is 44.5 Å². The Kier molecular flexibility index (Phi) is 6.15. The van der Waals surface area contributed by atoms with Crippen LogP contribution in [-0.4, -0.2) is 32.8 Å². The first kappa shape index (κ1) is 21.7. The fourth-order valence-corrected chi connectivity index (χ4v) is 5.27. The van der Waals surface area contributed by atoms with Gasteiger partial charge in [0.05, 0.1) is 22.1 Å². The lowest BCUT2D eigenvalue weighted by molar-refractivity contribution is 0.627.